The minimum Gasteiger partial charge on any atom is -0.505 e. The number of ether oxygens (including phenoxy) is 1. The Labute approximate surface area is 174 Å². The van der Waals surface area contributed by atoms with Gasteiger partial charge >= 0.3 is 5.97 Å². The van der Waals surface area contributed by atoms with Crippen molar-refractivity contribution in [3.8, 4) is 5.75 Å². The summed E-state index contributed by atoms with van der Waals surface area (Å²) in [5, 5.41) is 11.7. The number of H-pyrrole nitrogens is 2. The van der Waals surface area contributed by atoms with Crippen molar-refractivity contribution in [1.82, 2.24) is 9.97 Å². The molecule has 1 aromatic carbocycles. The highest BCUT2D eigenvalue weighted by Crippen LogP contribution is 2.38. The first-order valence-electron chi connectivity index (χ1n) is 10.0. The first-order valence-corrected chi connectivity index (χ1v) is 10.0. The van der Waals surface area contributed by atoms with Crippen molar-refractivity contribution in [2.75, 3.05) is 6.61 Å². The van der Waals surface area contributed by atoms with Gasteiger partial charge in [-0.1, -0.05) is 29.8 Å². The second-order valence-electron chi connectivity index (χ2n) is 7.57. The van der Waals surface area contributed by atoms with Crippen molar-refractivity contribution in [3.63, 3.8) is 0 Å². The normalized spacial score (nSPS) is 16.4. The van der Waals surface area contributed by atoms with Crippen molar-refractivity contribution in [2.24, 2.45) is 4.99 Å². The van der Waals surface area contributed by atoms with E-state index in [1.54, 1.807) is 13.8 Å². The van der Waals surface area contributed by atoms with Gasteiger partial charge < -0.3 is 19.8 Å². The highest BCUT2D eigenvalue weighted by molar-refractivity contribution is 5.92. The standard InChI is InChI=1S/C24H25N3O3/c1-5-30-24(29)19-15(4)26-23-21(20(19)16-9-6-13(2)7-10-16)22(28)18(27-23)12-17-11-8-14(3)25-17/h6-12,20,25,28H,5H2,1-4H3,(H,26,27). The molecule has 6 heteroatoms. The van der Waals surface area contributed by atoms with Gasteiger partial charge in [-0.2, -0.15) is 0 Å². The van der Waals surface area contributed by atoms with Crippen LogP contribution in [0.25, 0.3) is 6.08 Å². The lowest BCUT2D eigenvalue weighted by Gasteiger charge is -2.23. The maximum atomic E-state index is 12.8. The lowest BCUT2D eigenvalue weighted by atomic mass is 9.83. The molecule has 0 saturated carbocycles. The van der Waals surface area contributed by atoms with Crippen LogP contribution >= 0.6 is 0 Å². The maximum Gasteiger partial charge on any atom is 0.336 e. The molecule has 6 nitrogen and oxygen atoms in total. The number of aromatic hydroxyl groups is 1. The number of carbonyl (C=O) groups excluding carboxylic acids is 1. The van der Waals surface area contributed by atoms with Gasteiger partial charge in [-0.05, 0) is 51.5 Å². The summed E-state index contributed by atoms with van der Waals surface area (Å²) in [6.07, 6.45) is 1.84. The van der Waals surface area contributed by atoms with E-state index in [9.17, 15) is 9.90 Å². The molecule has 0 radical (unpaired) electrons. The Hall–Kier alpha value is -3.54. The molecular weight excluding hydrogens is 378 g/mol. The number of aromatic amines is 2. The number of carbonyl (C=O) groups is 1. The number of nitrogens with zero attached hydrogens (tertiary/aromatic N) is 1. The number of aryl methyl sites for hydroxylation is 2. The molecule has 1 unspecified atom stereocenters. The Kier molecular flexibility index (Phi) is 5.08. The van der Waals surface area contributed by atoms with Gasteiger partial charge in [-0.3, -0.25) is 0 Å². The fourth-order valence-corrected chi connectivity index (χ4v) is 3.89. The molecule has 0 fully saturated rings. The molecule has 0 saturated heterocycles. The second-order valence-corrected chi connectivity index (χ2v) is 7.57. The van der Waals surface area contributed by atoms with Gasteiger partial charge in [-0.25, -0.2) is 9.79 Å². The van der Waals surface area contributed by atoms with Crippen LogP contribution in [0, 0.1) is 13.8 Å². The molecule has 0 spiro atoms. The van der Waals surface area contributed by atoms with Gasteiger partial charge in [0.25, 0.3) is 0 Å². The summed E-state index contributed by atoms with van der Waals surface area (Å²) >= 11 is 0. The van der Waals surface area contributed by atoms with E-state index in [1.807, 2.05) is 56.3 Å². The number of aromatic nitrogens is 2. The number of benzene rings is 1. The van der Waals surface area contributed by atoms with E-state index >= 15 is 0 Å². The number of fused-ring (bicyclic) bond motifs is 1. The van der Waals surface area contributed by atoms with E-state index in [-0.39, 0.29) is 12.4 Å². The van der Waals surface area contributed by atoms with Crippen molar-refractivity contribution in [2.45, 2.75) is 33.6 Å². The van der Waals surface area contributed by atoms with Crippen LogP contribution in [0.5, 0.6) is 5.75 Å². The minimum absolute atomic E-state index is 0.0841. The monoisotopic (exact) mass is 403 g/mol. The molecule has 3 aromatic rings. The Morgan fingerprint density at radius 3 is 2.50 bits per heavy atom. The largest absolute Gasteiger partial charge is 0.505 e. The van der Waals surface area contributed by atoms with E-state index in [1.165, 1.54) is 0 Å². The molecule has 2 aromatic heterocycles. The zero-order valence-electron chi connectivity index (χ0n) is 17.5. The van der Waals surface area contributed by atoms with E-state index in [0.717, 1.165) is 22.5 Å². The molecule has 1 atom stereocenters. The summed E-state index contributed by atoms with van der Waals surface area (Å²) in [5.74, 6) is -0.803. The van der Waals surface area contributed by atoms with E-state index in [0.29, 0.717) is 27.7 Å². The number of hydrogen-bond donors (Lipinski definition) is 3. The Balaban J connectivity index is 1.95. The van der Waals surface area contributed by atoms with Crippen LogP contribution in [-0.4, -0.2) is 27.7 Å². The van der Waals surface area contributed by atoms with Crippen LogP contribution in [0.15, 0.2) is 52.7 Å². The zero-order valence-corrected chi connectivity index (χ0v) is 17.5. The molecule has 3 N–H and O–H groups in total. The van der Waals surface area contributed by atoms with E-state index in [2.05, 4.69) is 15.0 Å². The lowest BCUT2D eigenvalue weighted by molar-refractivity contribution is -0.138. The fourth-order valence-electron chi connectivity index (χ4n) is 3.89. The molecule has 1 aliphatic rings. The third-order valence-corrected chi connectivity index (χ3v) is 5.33. The van der Waals surface area contributed by atoms with Gasteiger partial charge in [0.05, 0.1) is 34.7 Å². The minimum atomic E-state index is -0.471. The molecule has 4 rings (SSSR count). The predicted molar refractivity (Wildman–Crippen MR) is 115 cm³/mol. The third kappa shape index (κ3) is 3.45. The number of rotatable bonds is 4. The Bertz CT molecular complexity index is 1260. The quantitative estimate of drug-likeness (QED) is 0.585. The van der Waals surface area contributed by atoms with Crippen LogP contribution in [0.3, 0.4) is 0 Å². The van der Waals surface area contributed by atoms with Crippen LogP contribution in [0.2, 0.25) is 0 Å². The lowest BCUT2D eigenvalue weighted by Crippen LogP contribution is -2.26. The number of esters is 1. The zero-order chi connectivity index (χ0) is 21.4. The summed E-state index contributed by atoms with van der Waals surface area (Å²) in [6, 6.07) is 11.9. The highest BCUT2D eigenvalue weighted by Gasteiger charge is 2.34. The molecule has 1 aliphatic heterocycles. The summed E-state index contributed by atoms with van der Waals surface area (Å²) in [4.78, 5) is 23.9. The van der Waals surface area contributed by atoms with E-state index < -0.39 is 11.9 Å². The number of allylic oxidation sites excluding steroid dienone is 1. The van der Waals surface area contributed by atoms with Crippen molar-refractivity contribution in [3.05, 3.63) is 86.6 Å². The Morgan fingerprint density at radius 2 is 1.87 bits per heavy atom. The number of hydrogen-bond acceptors (Lipinski definition) is 4. The SMILES string of the molecule is CCOC(=O)C1=C(C)N=c2[nH]c(=Cc3ccc(C)[nH]3)c(O)c2C1c1ccc(C)cc1. The molecule has 30 heavy (non-hydrogen) atoms. The molecule has 0 amide bonds. The van der Waals surface area contributed by atoms with E-state index in [4.69, 9.17) is 4.74 Å². The summed E-state index contributed by atoms with van der Waals surface area (Å²) in [5.41, 5.74) is 6.08. The maximum absolute atomic E-state index is 12.8. The fraction of sp³-hybridized carbons (Fsp3) is 0.250. The van der Waals surface area contributed by atoms with Gasteiger partial charge in [0.2, 0.25) is 0 Å². The average molecular weight is 403 g/mol. The average Bonchev–Trinajstić information content (AvgIpc) is 3.24. The van der Waals surface area contributed by atoms with Crippen LogP contribution in [0.1, 0.15) is 47.8 Å². The Morgan fingerprint density at radius 1 is 1.13 bits per heavy atom. The first kappa shape index (κ1) is 19.8. The summed E-state index contributed by atoms with van der Waals surface area (Å²) < 4.78 is 5.33. The smallest absolute Gasteiger partial charge is 0.336 e. The molecule has 3 heterocycles. The third-order valence-electron chi connectivity index (χ3n) is 5.33. The molecule has 0 aliphatic carbocycles. The van der Waals surface area contributed by atoms with Crippen LogP contribution in [-0.2, 0) is 9.53 Å². The molecule has 0 bridgehead atoms. The molecular formula is C24H25N3O3. The van der Waals surface area contributed by atoms with Crippen LogP contribution in [0.4, 0.5) is 0 Å². The van der Waals surface area contributed by atoms with Crippen molar-refractivity contribution in [1.29, 1.82) is 0 Å². The summed E-state index contributed by atoms with van der Waals surface area (Å²) in [6.45, 7) is 7.83. The highest BCUT2D eigenvalue weighted by atomic mass is 16.5. The summed E-state index contributed by atoms with van der Waals surface area (Å²) in [7, 11) is 0. The first-order chi connectivity index (χ1) is 14.4. The van der Waals surface area contributed by atoms with Gasteiger partial charge in [0.15, 0.2) is 0 Å². The van der Waals surface area contributed by atoms with Gasteiger partial charge in [0, 0.05) is 11.4 Å². The van der Waals surface area contributed by atoms with Crippen molar-refractivity contribution < 1.29 is 14.6 Å². The predicted octanol–water partition coefficient (Wildman–Crippen LogP) is 3.10. The number of nitrogens with one attached hydrogen (secondary N) is 2. The topological polar surface area (TPSA) is 90.5 Å². The van der Waals surface area contributed by atoms with Crippen LogP contribution < -0.4 is 10.8 Å². The van der Waals surface area contributed by atoms with Gasteiger partial charge in [-0.15, -0.1) is 0 Å². The van der Waals surface area contributed by atoms with Gasteiger partial charge in [0.1, 0.15) is 11.2 Å². The second kappa shape index (κ2) is 7.71. The van der Waals surface area contributed by atoms with Crippen molar-refractivity contribution >= 4 is 12.0 Å². The molecule has 154 valence electrons.